The standard InChI is InChI=1S/C19H15FN6O/c1-11-8-16(15-7-6-13(20)10-17(15)21-11)19(27)22-14-5-3-4-12(9-14)18-23-24-25-26(18)2/h3-10H,1-2H3,(H,22,27). The first kappa shape index (κ1) is 16.8. The van der Waals surface area contributed by atoms with Crippen molar-refractivity contribution in [3.63, 3.8) is 0 Å². The lowest BCUT2D eigenvalue weighted by molar-refractivity contribution is 0.102. The first-order valence-electron chi connectivity index (χ1n) is 8.22. The molecular weight excluding hydrogens is 347 g/mol. The molecule has 0 radical (unpaired) electrons. The van der Waals surface area contributed by atoms with Crippen LogP contribution < -0.4 is 5.32 Å². The Kier molecular flexibility index (Phi) is 4.08. The third-order valence-corrected chi connectivity index (χ3v) is 4.14. The van der Waals surface area contributed by atoms with Crippen molar-refractivity contribution in [1.29, 1.82) is 0 Å². The number of hydrogen-bond acceptors (Lipinski definition) is 5. The van der Waals surface area contributed by atoms with Crippen molar-refractivity contribution in [2.45, 2.75) is 6.92 Å². The minimum absolute atomic E-state index is 0.301. The topological polar surface area (TPSA) is 85.6 Å². The van der Waals surface area contributed by atoms with Gasteiger partial charge in [-0.2, -0.15) is 0 Å². The molecule has 0 saturated heterocycles. The van der Waals surface area contributed by atoms with Crippen LogP contribution in [0.2, 0.25) is 0 Å². The van der Waals surface area contributed by atoms with Crippen LogP contribution in [0, 0.1) is 12.7 Å². The van der Waals surface area contributed by atoms with Gasteiger partial charge in [0, 0.05) is 35.4 Å². The highest BCUT2D eigenvalue weighted by Gasteiger charge is 2.14. The number of aromatic nitrogens is 5. The molecule has 0 atom stereocenters. The molecule has 0 spiro atoms. The maximum absolute atomic E-state index is 13.5. The maximum atomic E-state index is 13.5. The van der Waals surface area contributed by atoms with Gasteiger partial charge in [0.2, 0.25) is 0 Å². The Labute approximate surface area is 153 Å². The van der Waals surface area contributed by atoms with Gasteiger partial charge in [-0.25, -0.2) is 9.07 Å². The van der Waals surface area contributed by atoms with Crippen molar-refractivity contribution in [2.24, 2.45) is 7.05 Å². The predicted octanol–water partition coefficient (Wildman–Crippen LogP) is 3.13. The Balaban J connectivity index is 1.69. The van der Waals surface area contributed by atoms with Gasteiger partial charge in [-0.1, -0.05) is 12.1 Å². The van der Waals surface area contributed by atoms with Gasteiger partial charge in [0.05, 0.1) is 11.1 Å². The third-order valence-electron chi connectivity index (χ3n) is 4.14. The number of aryl methyl sites for hydroxylation is 2. The van der Waals surface area contributed by atoms with Crippen LogP contribution in [0.5, 0.6) is 0 Å². The fourth-order valence-electron chi connectivity index (χ4n) is 2.93. The Bertz CT molecular complexity index is 1160. The molecular formula is C19H15FN6O. The van der Waals surface area contributed by atoms with E-state index in [0.29, 0.717) is 33.7 Å². The highest BCUT2D eigenvalue weighted by molar-refractivity contribution is 6.12. The number of nitrogens with zero attached hydrogens (tertiary/aromatic N) is 5. The van der Waals surface area contributed by atoms with Crippen molar-refractivity contribution < 1.29 is 9.18 Å². The summed E-state index contributed by atoms with van der Waals surface area (Å²) < 4.78 is 15.1. The molecule has 7 nitrogen and oxygen atoms in total. The molecule has 0 fully saturated rings. The summed E-state index contributed by atoms with van der Waals surface area (Å²) in [6, 6.07) is 13.1. The minimum Gasteiger partial charge on any atom is -0.322 e. The number of pyridine rings is 1. The smallest absolute Gasteiger partial charge is 0.256 e. The number of nitrogens with one attached hydrogen (secondary N) is 1. The molecule has 134 valence electrons. The molecule has 4 rings (SSSR count). The molecule has 2 heterocycles. The molecule has 0 unspecified atom stereocenters. The van der Waals surface area contributed by atoms with E-state index in [-0.39, 0.29) is 5.91 Å². The van der Waals surface area contributed by atoms with Crippen LogP contribution in [0.25, 0.3) is 22.3 Å². The summed E-state index contributed by atoms with van der Waals surface area (Å²) >= 11 is 0. The van der Waals surface area contributed by atoms with Crippen LogP contribution in [0.1, 0.15) is 16.1 Å². The Morgan fingerprint density at radius 1 is 1.15 bits per heavy atom. The monoisotopic (exact) mass is 362 g/mol. The SMILES string of the molecule is Cc1cc(C(=O)Nc2cccc(-c3nnnn3C)c2)c2ccc(F)cc2n1. The molecule has 27 heavy (non-hydrogen) atoms. The highest BCUT2D eigenvalue weighted by Crippen LogP contribution is 2.23. The highest BCUT2D eigenvalue weighted by atomic mass is 19.1. The first-order chi connectivity index (χ1) is 13.0. The van der Waals surface area contributed by atoms with Crippen molar-refractivity contribution in [3.05, 3.63) is 65.6 Å². The van der Waals surface area contributed by atoms with Crippen LogP contribution >= 0.6 is 0 Å². The quantitative estimate of drug-likeness (QED) is 0.605. The molecule has 0 aliphatic carbocycles. The first-order valence-corrected chi connectivity index (χ1v) is 8.22. The lowest BCUT2D eigenvalue weighted by Crippen LogP contribution is -2.13. The van der Waals surface area contributed by atoms with Gasteiger partial charge in [0.1, 0.15) is 5.82 Å². The number of halogens is 1. The van der Waals surface area contributed by atoms with Crippen LogP contribution in [0.3, 0.4) is 0 Å². The largest absolute Gasteiger partial charge is 0.322 e. The van der Waals surface area contributed by atoms with Crippen LogP contribution in [0.4, 0.5) is 10.1 Å². The number of tetrazole rings is 1. The second kappa shape index (κ2) is 6.56. The molecule has 0 saturated carbocycles. The second-order valence-corrected chi connectivity index (χ2v) is 6.13. The lowest BCUT2D eigenvalue weighted by Gasteiger charge is -2.10. The minimum atomic E-state index is -0.392. The average Bonchev–Trinajstić information content (AvgIpc) is 3.07. The van der Waals surface area contributed by atoms with E-state index in [0.717, 1.165) is 5.56 Å². The van der Waals surface area contributed by atoms with E-state index in [1.54, 1.807) is 42.9 Å². The van der Waals surface area contributed by atoms with Crippen LogP contribution in [0.15, 0.2) is 48.5 Å². The number of carbonyl (C=O) groups is 1. The fourth-order valence-corrected chi connectivity index (χ4v) is 2.93. The Morgan fingerprint density at radius 3 is 2.78 bits per heavy atom. The van der Waals surface area contributed by atoms with Gasteiger partial charge in [-0.15, -0.1) is 5.10 Å². The lowest BCUT2D eigenvalue weighted by atomic mass is 10.1. The van der Waals surface area contributed by atoms with Gasteiger partial charge in [-0.3, -0.25) is 9.78 Å². The summed E-state index contributed by atoms with van der Waals surface area (Å²) in [6.07, 6.45) is 0. The van der Waals surface area contributed by atoms with Crippen molar-refractivity contribution in [2.75, 3.05) is 5.32 Å². The molecule has 0 aliphatic rings. The zero-order chi connectivity index (χ0) is 19.0. The van der Waals surface area contributed by atoms with E-state index in [4.69, 9.17) is 0 Å². The van der Waals surface area contributed by atoms with E-state index in [2.05, 4.69) is 25.8 Å². The van der Waals surface area contributed by atoms with Crippen molar-refractivity contribution in [3.8, 4) is 11.4 Å². The van der Waals surface area contributed by atoms with Gasteiger partial charge in [-0.05, 0) is 47.7 Å². The second-order valence-electron chi connectivity index (χ2n) is 6.13. The van der Waals surface area contributed by atoms with E-state index >= 15 is 0 Å². The van der Waals surface area contributed by atoms with Gasteiger partial charge in [0.15, 0.2) is 5.82 Å². The van der Waals surface area contributed by atoms with Gasteiger partial charge in [0.25, 0.3) is 5.91 Å². The van der Waals surface area contributed by atoms with E-state index < -0.39 is 5.82 Å². The number of fused-ring (bicyclic) bond motifs is 1. The number of carbonyl (C=O) groups excluding carboxylic acids is 1. The molecule has 0 bridgehead atoms. The normalized spacial score (nSPS) is 10.9. The number of anilines is 1. The van der Waals surface area contributed by atoms with E-state index in [9.17, 15) is 9.18 Å². The third kappa shape index (κ3) is 3.24. The number of amides is 1. The molecule has 2 aromatic carbocycles. The zero-order valence-electron chi connectivity index (χ0n) is 14.6. The molecule has 1 N–H and O–H groups in total. The summed E-state index contributed by atoms with van der Waals surface area (Å²) in [5, 5.41) is 14.9. The molecule has 0 aliphatic heterocycles. The number of hydrogen-bond donors (Lipinski definition) is 1. The number of rotatable bonds is 3. The average molecular weight is 362 g/mol. The summed E-state index contributed by atoms with van der Waals surface area (Å²) in [7, 11) is 1.74. The van der Waals surface area contributed by atoms with Gasteiger partial charge >= 0.3 is 0 Å². The predicted molar refractivity (Wildman–Crippen MR) is 98.6 cm³/mol. The molecule has 2 aromatic heterocycles. The molecule has 4 aromatic rings. The van der Waals surface area contributed by atoms with Crippen LogP contribution in [-0.4, -0.2) is 31.1 Å². The van der Waals surface area contributed by atoms with Crippen molar-refractivity contribution >= 4 is 22.5 Å². The number of benzene rings is 2. The zero-order valence-corrected chi connectivity index (χ0v) is 14.6. The van der Waals surface area contributed by atoms with Crippen molar-refractivity contribution in [1.82, 2.24) is 25.2 Å². The van der Waals surface area contributed by atoms with Crippen LogP contribution in [-0.2, 0) is 7.05 Å². The van der Waals surface area contributed by atoms with Gasteiger partial charge < -0.3 is 5.32 Å². The Morgan fingerprint density at radius 2 is 2.00 bits per heavy atom. The fraction of sp³-hybridized carbons (Fsp3) is 0.105. The summed E-state index contributed by atoms with van der Waals surface area (Å²) in [4.78, 5) is 17.2. The molecule has 1 amide bonds. The summed E-state index contributed by atoms with van der Waals surface area (Å²) in [6.45, 7) is 1.77. The maximum Gasteiger partial charge on any atom is 0.256 e. The Hall–Kier alpha value is -3.68. The summed E-state index contributed by atoms with van der Waals surface area (Å²) in [5.74, 6) is -0.103. The molecule has 8 heteroatoms. The summed E-state index contributed by atoms with van der Waals surface area (Å²) in [5.41, 5.74) is 2.89. The van der Waals surface area contributed by atoms with E-state index in [1.807, 2.05) is 12.1 Å². The van der Waals surface area contributed by atoms with E-state index in [1.165, 1.54) is 12.1 Å².